The number of nitrogens with zero attached hydrogens (tertiary/aromatic N) is 2. The molecule has 0 amide bonds. The predicted molar refractivity (Wildman–Crippen MR) is 53.0 cm³/mol. The first-order chi connectivity index (χ1) is 6.66. The molecule has 1 fully saturated rings. The van der Waals surface area contributed by atoms with Gasteiger partial charge >= 0.3 is 0 Å². The zero-order chi connectivity index (χ0) is 10.1. The Kier molecular flexibility index (Phi) is 2.54. The van der Waals surface area contributed by atoms with Crippen LogP contribution in [0.5, 0.6) is 0 Å². The Morgan fingerprint density at radius 2 is 2.21 bits per heavy atom. The van der Waals surface area contributed by atoms with Crippen molar-refractivity contribution in [2.75, 3.05) is 0 Å². The van der Waals surface area contributed by atoms with Crippen LogP contribution in [0.25, 0.3) is 0 Å². The van der Waals surface area contributed by atoms with Crippen molar-refractivity contribution in [1.82, 2.24) is 10.1 Å². The molecular weight excluding hydrogens is 178 g/mol. The summed E-state index contributed by atoms with van der Waals surface area (Å²) in [4.78, 5) is 4.39. The van der Waals surface area contributed by atoms with E-state index in [0.29, 0.717) is 17.9 Å². The van der Waals surface area contributed by atoms with E-state index in [0.717, 1.165) is 31.0 Å². The lowest BCUT2D eigenvalue weighted by atomic mass is 10.1. The van der Waals surface area contributed by atoms with Crippen LogP contribution in [0.15, 0.2) is 4.52 Å². The molecule has 0 saturated heterocycles. The molecule has 0 spiro atoms. The molecule has 2 atom stereocenters. The second-order valence-electron chi connectivity index (χ2n) is 4.42. The number of nitrogens with two attached hydrogens (primary N) is 1. The highest BCUT2D eigenvalue weighted by molar-refractivity contribution is 5.00. The van der Waals surface area contributed by atoms with Crippen molar-refractivity contribution in [2.45, 2.75) is 51.0 Å². The van der Waals surface area contributed by atoms with Crippen LogP contribution >= 0.6 is 0 Å². The van der Waals surface area contributed by atoms with Crippen LogP contribution in [0.1, 0.15) is 56.7 Å². The third-order valence-electron chi connectivity index (χ3n) is 2.80. The van der Waals surface area contributed by atoms with Gasteiger partial charge in [-0.1, -0.05) is 19.0 Å². The van der Waals surface area contributed by atoms with Crippen LogP contribution < -0.4 is 5.73 Å². The Morgan fingerprint density at radius 1 is 1.43 bits per heavy atom. The largest absolute Gasteiger partial charge is 0.339 e. The Bertz CT molecular complexity index is 308. The molecule has 0 radical (unpaired) electrons. The topological polar surface area (TPSA) is 64.9 Å². The Balaban J connectivity index is 2.09. The van der Waals surface area contributed by atoms with Gasteiger partial charge in [0.2, 0.25) is 5.89 Å². The molecular formula is C10H17N3O. The summed E-state index contributed by atoms with van der Waals surface area (Å²) in [5, 5.41) is 3.96. The van der Waals surface area contributed by atoms with E-state index < -0.39 is 0 Å². The molecule has 14 heavy (non-hydrogen) atoms. The van der Waals surface area contributed by atoms with Crippen LogP contribution in [0, 0.1) is 0 Å². The van der Waals surface area contributed by atoms with E-state index in [-0.39, 0.29) is 0 Å². The molecule has 1 heterocycles. The fraction of sp³-hybridized carbons (Fsp3) is 0.800. The van der Waals surface area contributed by atoms with Crippen LogP contribution in [0.3, 0.4) is 0 Å². The van der Waals surface area contributed by atoms with E-state index in [4.69, 9.17) is 10.3 Å². The molecule has 1 saturated carbocycles. The summed E-state index contributed by atoms with van der Waals surface area (Å²) in [7, 11) is 0. The van der Waals surface area contributed by atoms with Gasteiger partial charge < -0.3 is 10.3 Å². The summed E-state index contributed by atoms with van der Waals surface area (Å²) in [6, 6.07) is 0.314. The number of rotatable bonds is 2. The third-order valence-corrected chi connectivity index (χ3v) is 2.80. The van der Waals surface area contributed by atoms with Crippen molar-refractivity contribution in [1.29, 1.82) is 0 Å². The first kappa shape index (κ1) is 9.65. The first-order valence-electron chi connectivity index (χ1n) is 5.26. The SMILES string of the molecule is CC(C)c1noc(C2CCC(N)C2)n1. The van der Waals surface area contributed by atoms with Gasteiger partial charge in [-0.05, 0) is 19.3 Å². The molecule has 1 aromatic rings. The zero-order valence-corrected chi connectivity index (χ0v) is 8.73. The van der Waals surface area contributed by atoms with Gasteiger partial charge in [-0.2, -0.15) is 4.98 Å². The lowest BCUT2D eigenvalue weighted by Gasteiger charge is -2.01. The molecule has 4 nitrogen and oxygen atoms in total. The van der Waals surface area contributed by atoms with Crippen molar-refractivity contribution in [3.05, 3.63) is 11.7 Å². The highest BCUT2D eigenvalue weighted by Crippen LogP contribution is 2.32. The maximum Gasteiger partial charge on any atom is 0.229 e. The van der Waals surface area contributed by atoms with Crippen LogP contribution in [-0.4, -0.2) is 16.2 Å². The van der Waals surface area contributed by atoms with Crippen molar-refractivity contribution in [3.63, 3.8) is 0 Å². The maximum absolute atomic E-state index is 5.84. The van der Waals surface area contributed by atoms with Crippen molar-refractivity contribution in [3.8, 4) is 0 Å². The van der Waals surface area contributed by atoms with Gasteiger partial charge in [0.05, 0.1) is 0 Å². The Hall–Kier alpha value is -0.900. The summed E-state index contributed by atoms with van der Waals surface area (Å²) in [6.45, 7) is 4.13. The van der Waals surface area contributed by atoms with Crippen molar-refractivity contribution in [2.24, 2.45) is 5.73 Å². The molecule has 1 aliphatic rings. The monoisotopic (exact) mass is 195 g/mol. The van der Waals surface area contributed by atoms with E-state index in [1.165, 1.54) is 0 Å². The molecule has 0 aliphatic heterocycles. The predicted octanol–water partition coefficient (Wildman–Crippen LogP) is 1.79. The van der Waals surface area contributed by atoms with E-state index in [2.05, 4.69) is 24.0 Å². The van der Waals surface area contributed by atoms with Gasteiger partial charge in [-0.3, -0.25) is 0 Å². The molecule has 4 heteroatoms. The normalized spacial score (nSPS) is 27.4. The number of aromatic nitrogens is 2. The smallest absolute Gasteiger partial charge is 0.229 e. The maximum atomic E-state index is 5.84. The van der Waals surface area contributed by atoms with Crippen LogP contribution in [0.2, 0.25) is 0 Å². The van der Waals surface area contributed by atoms with E-state index in [9.17, 15) is 0 Å². The average Bonchev–Trinajstić information content (AvgIpc) is 2.70. The average molecular weight is 195 g/mol. The van der Waals surface area contributed by atoms with Crippen molar-refractivity contribution < 1.29 is 4.52 Å². The van der Waals surface area contributed by atoms with E-state index >= 15 is 0 Å². The Morgan fingerprint density at radius 3 is 2.71 bits per heavy atom. The minimum Gasteiger partial charge on any atom is -0.339 e. The summed E-state index contributed by atoms with van der Waals surface area (Å²) >= 11 is 0. The zero-order valence-electron chi connectivity index (χ0n) is 8.73. The second-order valence-corrected chi connectivity index (χ2v) is 4.42. The molecule has 1 aliphatic carbocycles. The summed E-state index contributed by atoms with van der Waals surface area (Å²) in [5.74, 6) is 2.31. The summed E-state index contributed by atoms with van der Waals surface area (Å²) in [6.07, 6.45) is 3.14. The molecule has 2 rings (SSSR count). The highest BCUT2D eigenvalue weighted by atomic mass is 16.5. The fourth-order valence-electron chi connectivity index (χ4n) is 1.89. The van der Waals surface area contributed by atoms with Crippen LogP contribution in [-0.2, 0) is 0 Å². The lowest BCUT2D eigenvalue weighted by Crippen LogP contribution is -2.14. The fourth-order valence-corrected chi connectivity index (χ4v) is 1.89. The molecule has 0 bridgehead atoms. The van der Waals surface area contributed by atoms with Gasteiger partial charge in [0.15, 0.2) is 5.82 Å². The minimum atomic E-state index is 0.314. The van der Waals surface area contributed by atoms with Gasteiger partial charge in [-0.25, -0.2) is 0 Å². The molecule has 78 valence electrons. The van der Waals surface area contributed by atoms with Gasteiger partial charge in [0, 0.05) is 17.9 Å². The quantitative estimate of drug-likeness (QED) is 0.781. The molecule has 2 unspecified atom stereocenters. The van der Waals surface area contributed by atoms with Gasteiger partial charge in [0.1, 0.15) is 0 Å². The Labute approximate surface area is 83.9 Å². The van der Waals surface area contributed by atoms with Gasteiger partial charge in [0.25, 0.3) is 0 Å². The molecule has 2 N–H and O–H groups in total. The van der Waals surface area contributed by atoms with E-state index in [1.807, 2.05) is 0 Å². The van der Waals surface area contributed by atoms with Crippen LogP contribution in [0.4, 0.5) is 0 Å². The molecule has 0 aromatic carbocycles. The number of hydrogen-bond acceptors (Lipinski definition) is 4. The molecule has 1 aromatic heterocycles. The van der Waals surface area contributed by atoms with Gasteiger partial charge in [-0.15, -0.1) is 0 Å². The summed E-state index contributed by atoms with van der Waals surface area (Å²) < 4.78 is 5.24. The van der Waals surface area contributed by atoms with Crippen molar-refractivity contribution >= 4 is 0 Å². The highest BCUT2D eigenvalue weighted by Gasteiger charge is 2.27. The van der Waals surface area contributed by atoms with E-state index in [1.54, 1.807) is 0 Å². The lowest BCUT2D eigenvalue weighted by molar-refractivity contribution is 0.348. The second kappa shape index (κ2) is 3.69. The third kappa shape index (κ3) is 1.80. The summed E-state index contributed by atoms with van der Waals surface area (Å²) in [5.41, 5.74) is 5.84. The first-order valence-corrected chi connectivity index (χ1v) is 5.26. The standard InChI is InChI=1S/C10H17N3O/c1-6(2)9-12-10(14-13-9)7-3-4-8(11)5-7/h6-8H,3-5,11H2,1-2H3. The number of hydrogen-bond donors (Lipinski definition) is 1. The minimum absolute atomic E-state index is 0.314.